The lowest BCUT2D eigenvalue weighted by Crippen LogP contribution is -2.29. The molecule has 0 spiro atoms. The van der Waals surface area contributed by atoms with Crippen molar-refractivity contribution in [3.8, 4) is 0 Å². The van der Waals surface area contributed by atoms with Gasteiger partial charge in [0.25, 0.3) is 0 Å². The summed E-state index contributed by atoms with van der Waals surface area (Å²) in [7, 11) is 0. The molecule has 0 bridgehead atoms. The predicted molar refractivity (Wildman–Crippen MR) is 77.8 cm³/mol. The van der Waals surface area contributed by atoms with Crippen LogP contribution in [0.3, 0.4) is 0 Å². The minimum Gasteiger partial charge on any atom is -0.354 e. The quantitative estimate of drug-likeness (QED) is 0.783. The standard InChI is InChI=1S/C13H16Cl3NO/c1-2-3-9(8-17-13(18)7-14)11-5-4-10(15)6-12(11)16/h4-6,9H,2-3,7-8H2,1H3,(H,17,18)/t9-/m1/s1. The molecule has 1 aromatic carbocycles. The van der Waals surface area contributed by atoms with E-state index in [1.54, 1.807) is 6.07 Å². The van der Waals surface area contributed by atoms with Crippen LogP contribution in [0.1, 0.15) is 31.2 Å². The van der Waals surface area contributed by atoms with Gasteiger partial charge in [0.05, 0.1) is 0 Å². The van der Waals surface area contributed by atoms with Crippen LogP contribution in [0.25, 0.3) is 0 Å². The minimum absolute atomic E-state index is 0.0206. The molecule has 1 aromatic rings. The smallest absolute Gasteiger partial charge is 0.234 e. The zero-order valence-electron chi connectivity index (χ0n) is 10.2. The van der Waals surface area contributed by atoms with Crippen LogP contribution >= 0.6 is 34.8 Å². The number of nitrogens with one attached hydrogen (secondary N) is 1. The fourth-order valence-corrected chi connectivity index (χ4v) is 2.49. The van der Waals surface area contributed by atoms with E-state index >= 15 is 0 Å². The molecule has 0 saturated carbocycles. The van der Waals surface area contributed by atoms with Gasteiger partial charge in [0, 0.05) is 22.5 Å². The molecule has 0 radical (unpaired) electrons. The van der Waals surface area contributed by atoms with E-state index in [0.717, 1.165) is 18.4 Å². The molecular weight excluding hydrogens is 293 g/mol. The molecule has 0 unspecified atom stereocenters. The van der Waals surface area contributed by atoms with Crippen LogP contribution in [0.4, 0.5) is 0 Å². The van der Waals surface area contributed by atoms with E-state index in [4.69, 9.17) is 34.8 Å². The molecule has 1 atom stereocenters. The summed E-state index contributed by atoms with van der Waals surface area (Å²) in [5, 5.41) is 4.05. The molecule has 0 heterocycles. The molecule has 0 aliphatic carbocycles. The number of hydrogen-bond donors (Lipinski definition) is 1. The Morgan fingerprint density at radius 3 is 2.67 bits per heavy atom. The molecule has 0 aliphatic heterocycles. The number of hydrogen-bond acceptors (Lipinski definition) is 1. The zero-order valence-corrected chi connectivity index (χ0v) is 12.4. The summed E-state index contributed by atoms with van der Waals surface area (Å²) in [4.78, 5) is 11.2. The van der Waals surface area contributed by atoms with Crippen molar-refractivity contribution >= 4 is 40.7 Å². The van der Waals surface area contributed by atoms with E-state index in [0.29, 0.717) is 16.6 Å². The largest absolute Gasteiger partial charge is 0.354 e. The van der Waals surface area contributed by atoms with Gasteiger partial charge in [-0.1, -0.05) is 42.6 Å². The molecule has 0 aromatic heterocycles. The number of benzene rings is 1. The Morgan fingerprint density at radius 1 is 1.39 bits per heavy atom. The summed E-state index contributed by atoms with van der Waals surface area (Å²) in [5.74, 6) is 0.00231. The molecule has 1 rings (SSSR count). The molecule has 0 fully saturated rings. The monoisotopic (exact) mass is 307 g/mol. The second-order valence-electron chi connectivity index (χ2n) is 4.09. The third-order valence-corrected chi connectivity index (χ3v) is 3.51. The summed E-state index contributed by atoms with van der Waals surface area (Å²) in [6, 6.07) is 5.46. The maximum Gasteiger partial charge on any atom is 0.234 e. The molecule has 5 heteroatoms. The highest BCUT2D eigenvalue weighted by Crippen LogP contribution is 2.30. The van der Waals surface area contributed by atoms with Crippen LogP contribution in [-0.4, -0.2) is 18.3 Å². The maximum absolute atomic E-state index is 11.2. The second kappa shape index (κ2) is 7.88. The lowest BCUT2D eigenvalue weighted by molar-refractivity contribution is -0.118. The summed E-state index contributed by atoms with van der Waals surface area (Å²) >= 11 is 17.5. The van der Waals surface area contributed by atoms with Gasteiger partial charge in [-0.15, -0.1) is 11.6 Å². The Bertz CT molecular complexity index is 409. The molecule has 18 heavy (non-hydrogen) atoms. The number of alkyl halides is 1. The van der Waals surface area contributed by atoms with Crippen molar-refractivity contribution in [2.45, 2.75) is 25.7 Å². The first-order valence-electron chi connectivity index (χ1n) is 5.86. The molecule has 1 N–H and O–H groups in total. The van der Waals surface area contributed by atoms with Gasteiger partial charge < -0.3 is 5.32 Å². The zero-order chi connectivity index (χ0) is 13.5. The number of carbonyl (C=O) groups excluding carboxylic acids is 1. The van der Waals surface area contributed by atoms with Gasteiger partial charge in [0.15, 0.2) is 0 Å². The fourth-order valence-electron chi connectivity index (χ4n) is 1.83. The SMILES string of the molecule is CCC[C@H](CNC(=O)CCl)c1ccc(Cl)cc1Cl. The Hall–Kier alpha value is -0.440. The number of carbonyl (C=O) groups is 1. The van der Waals surface area contributed by atoms with Crippen molar-refractivity contribution in [1.29, 1.82) is 0 Å². The Kier molecular flexibility index (Phi) is 6.83. The highest BCUT2D eigenvalue weighted by atomic mass is 35.5. The summed E-state index contributed by atoms with van der Waals surface area (Å²) in [5.41, 5.74) is 1.01. The van der Waals surface area contributed by atoms with Gasteiger partial charge in [-0.2, -0.15) is 0 Å². The first-order valence-corrected chi connectivity index (χ1v) is 7.15. The second-order valence-corrected chi connectivity index (χ2v) is 5.20. The molecule has 0 saturated heterocycles. The van der Waals surface area contributed by atoms with Gasteiger partial charge in [-0.25, -0.2) is 0 Å². The van der Waals surface area contributed by atoms with Crippen LogP contribution < -0.4 is 5.32 Å². The van der Waals surface area contributed by atoms with Crippen LogP contribution in [0.15, 0.2) is 18.2 Å². The average molecular weight is 309 g/mol. The number of amides is 1. The van der Waals surface area contributed by atoms with Crippen molar-refractivity contribution in [1.82, 2.24) is 5.32 Å². The molecular formula is C13H16Cl3NO. The van der Waals surface area contributed by atoms with E-state index in [2.05, 4.69) is 12.2 Å². The minimum atomic E-state index is -0.164. The third kappa shape index (κ3) is 4.68. The van der Waals surface area contributed by atoms with Crippen LogP contribution in [0, 0.1) is 0 Å². The van der Waals surface area contributed by atoms with Crippen LogP contribution in [0.2, 0.25) is 10.0 Å². The van der Waals surface area contributed by atoms with Crippen molar-refractivity contribution in [3.05, 3.63) is 33.8 Å². The van der Waals surface area contributed by atoms with E-state index in [-0.39, 0.29) is 17.7 Å². The van der Waals surface area contributed by atoms with Crippen molar-refractivity contribution in [2.75, 3.05) is 12.4 Å². The fraction of sp³-hybridized carbons (Fsp3) is 0.462. The van der Waals surface area contributed by atoms with Gasteiger partial charge >= 0.3 is 0 Å². The molecule has 0 aliphatic rings. The van der Waals surface area contributed by atoms with E-state index < -0.39 is 0 Å². The van der Waals surface area contributed by atoms with Gasteiger partial charge in [-0.3, -0.25) is 4.79 Å². The molecule has 100 valence electrons. The summed E-state index contributed by atoms with van der Waals surface area (Å²) in [6.07, 6.45) is 1.96. The highest BCUT2D eigenvalue weighted by Gasteiger charge is 2.15. The van der Waals surface area contributed by atoms with E-state index in [9.17, 15) is 4.79 Å². The Balaban J connectivity index is 2.79. The van der Waals surface area contributed by atoms with E-state index in [1.807, 2.05) is 12.1 Å². The maximum atomic E-state index is 11.2. The number of rotatable bonds is 6. The number of halogens is 3. The molecule has 1 amide bonds. The first-order chi connectivity index (χ1) is 8.58. The molecule has 2 nitrogen and oxygen atoms in total. The van der Waals surface area contributed by atoms with Crippen molar-refractivity contribution < 1.29 is 4.79 Å². The van der Waals surface area contributed by atoms with Gasteiger partial charge in [0.1, 0.15) is 5.88 Å². The van der Waals surface area contributed by atoms with Gasteiger partial charge in [0.2, 0.25) is 5.91 Å². The topological polar surface area (TPSA) is 29.1 Å². The first kappa shape index (κ1) is 15.6. The third-order valence-electron chi connectivity index (χ3n) is 2.71. The van der Waals surface area contributed by atoms with Crippen LogP contribution in [-0.2, 0) is 4.79 Å². The summed E-state index contributed by atoms with van der Waals surface area (Å²) in [6.45, 7) is 2.64. The average Bonchev–Trinajstić information content (AvgIpc) is 2.34. The van der Waals surface area contributed by atoms with Crippen molar-refractivity contribution in [2.24, 2.45) is 0 Å². The predicted octanol–water partition coefficient (Wildman–Crippen LogP) is 4.23. The van der Waals surface area contributed by atoms with Crippen molar-refractivity contribution in [3.63, 3.8) is 0 Å². The lowest BCUT2D eigenvalue weighted by atomic mass is 9.94. The normalized spacial score (nSPS) is 12.2. The van der Waals surface area contributed by atoms with E-state index in [1.165, 1.54) is 0 Å². The van der Waals surface area contributed by atoms with Gasteiger partial charge in [-0.05, 0) is 24.1 Å². The Labute approximate surface area is 123 Å². The lowest BCUT2D eigenvalue weighted by Gasteiger charge is -2.18. The summed E-state index contributed by atoms with van der Waals surface area (Å²) < 4.78 is 0. The highest BCUT2D eigenvalue weighted by molar-refractivity contribution is 6.35. The van der Waals surface area contributed by atoms with Crippen LogP contribution in [0.5, 0.6) is 0 Å². The Morgan fingerprint density at radius 2 is 2.11 bits per heavy atom.